The summed E-state index contributed by atoms with van der Waals surface area (Å²) in [6, 6.07) is 0. The van der Waals surface area contributed by atoms with Gasteiger partial charge in [-0.2, -0.15) is 0 Å². The van der Waals surface area contributed by atoms with E-state index < -0.39 is 13.9 Å². The third-order valence-corrected chi connectivity index (χ3v) is 11.2. The average Bonchev–Trinajstić information content (AvgIpc) is 3.23. The van der Waals surface area contributed by atoms with E-state index in [9.17, 15) is 14.3 Å². The number of phosphoric ester groups is 1. The Labute approximate surface area is 382 Å². The lowest BCUT2D eigenvalue weighted by molar-refractivity contribution is -0.870. The predicted molar refractivity (Wildman–Crippen MR) is 265 cm³/mol. The molecule has 0 spiro atoms. The van der Waals surface area contributed by atoms with Crippen LogP contribution in [0, 0.1) is 0 Å². The number of phosphoric acid groups is 1. The highest BCUT2D eigenvalue weighted by molar-refractivity contribution is 7.47. The normalized spacial score (nSPS) is 14.4. The van der Waals surface area contributed by atoms with Crippen LogP contribution in [-0.2, 0) is 27.9 Å². The Morgan fingerprint density at radius 2 is 0.935 bits per heavy atom. The molecule has 0 amide bonds. The number of carbonyl (C=O) groups excluding carboxylic acids is 1. The molecule has 2 atom stereocenters. The van der Waals surface area contributed by atoms with Gasteiger partial charge in [-0.3, -0.25) is 13.8 Å². The van der Waals surface area contributed by atoms with Gasteiger partial charge in [0.1, 0.15) is 19.3 Å². The summed E-state index contributed by atoms with van der Waals surface area (Å²) in [6.45, 7) is 5.43. The van der Waals surface area contributed by atoms with Gasteiger partial charge in [0.25, 0.3) is 0 Å². The SMILES string of the molecule is CC/C=C\C/C=C\C/C=C\C/C=C\C/C=C\CCCCCCCCOCC(COP(=O)(O)OCC[N+](C)(C)C)OC(=O)CCCCCCCCC/C=C\C/C=C\CCCCCC. The van der Waals surface area contributed by atoms with Gasteiger partial charge in [0.2, 0.25) is 0 Å². The second-order valence-electron chi connectivity index (χ2n) is 17.5. The van der Waals surface area contributed by atoms with Gasteiger partial charge in [-0.1, -0.05) is 176 Å². The Bertz CT molecular complexity index is 1260. The zero-order chi connectivity index (χ0) is 45.5. The van der Waals surface area contributed by atoms with Gasteiger partial charge in [0.05, 0.1) is 34.4 Å². The fraction of sp³-hybridized carbons (Fsp3) is 0.717. The maximum atomic E-state index is 12.7. The average molecular weight is 889 g/mol. The van der Waals surface area contributed by atoms with Gasteiger partial charge in [-0.25, -0.2) is 4.57 Å². The number of rotatable bonds is 45. The molecule has 0 aromatic rings. The van der Waals surface area contributed by atoms with Gasteiger partial charge in [-0.05, 0) is 89.9 Å². The van der Waals surface area contributed by atoms with Crippen molar-refractivity contribution in [2.45, 2.75) is 193 Å². The van der Waals surface area contributed by atoms with E-state index in [-0.39, 0.29) is 25.8 Å². The van der Waals surface area contributed by atoms with Crippen LogP contribution in [0.5, 0.6) is 0 Å². The largest absolute Gasteiger partial charge is 0.472 e. The zero-order valence-electron chi connectivity index (χ0n) is 40.6. The number of quaternary nitrogens is 1. The smallest absolute Gasteiger partial charge is 0.457 e. The minimum absolute atomic E-state index is 0.0792. The van der Waals surface area contributed by atoms with Crippen molar-refractivity contribution in [3.8, 4) is 0 Å². The Kier molecular flexibility index (Phi) is 43.6. The topological polar surface area (TPSA) is 91.3 Å². The zero-order valence-corrected chi connectivity index (χ0v) is 41.5. The van der Waals surface area contributed by atoms with Crippen molar-refractivity contribution < 1.29 is 37.3 Å². The molecule has 0 aliphatic heterocycles. The number of hydrogen-bond acceptors (Lipinski definition) is 6. The van der Waals surface area contributed by atoms with Crippen molar-refractivity contribution in [1.82, 2.24) is 0 Å². The molecule has 9 heteroatoms. The molecule has 0 bridgehead atoms. The molecule has 2 unspecified atom stereocenters. The maximum Gasteiger partial charge on any atom is 0.472 e. The second kappa shape index (κ2) is 45.3. The second-order valence-corrected chi connectivity index (χ2v) is 18.9. The molecule has 0 rings (SSSR count). The molecule has 0 aromatic carbocycles. The molecule has 62 heavy (non-hydrogen) atoms. The summed E-state index contributed by atoms with van der Waals surface area (Å²) in [4.78, 5) is 23.0. The molecule has 0 fully saturated rings. The monoisotopic (exact) mass is 889 g/mol. The van der Waals surface area contributed by atoms with Crippen LogP contribution in [0.3, 0.4) is 0 Å². The first-order chi connectivity index (χ1) is 30.1. The number of likely N-dealkylation sites (N-methyl/N-ethyl adjacent to an activating group) is 1. The van der Waals surface area contributed by atoms with E-state index in [1.807, 2.05) is 21.1 Å². The minimum Gasteiger partial charge on any atom is -0.457 e. The summed E-state index contributed by atoms with van der Waals surface area (Å²) in [5, 5.41) is 0. The highest BCUT2D eigenvalue weighted by Gasteiger charge is 2.26. The number of ether oxygens (including phenoxy) is 2. The number of carbonyl (C=O) groups is 1. The lowest BCUT2D eigenvalue weighted by Crippen LogP contribution is -2.37. The molecule has 0 heterocycles. The van der Waals surface area contributed by atoms with E-state index in [4.69, 9.17) is 18.5 Å². The first-order valence-electron chi connectivity index (χ1n) is 24.8. The van der Waals surface area contributed by atoms with Crippen LogP contribution in [0.2, 0.25) is 0 Å². The van der Waals surface area contributed by atoms with Crippen LogP contribution in [0.1, 0.15) is 187 Å². The summed E-state index contributed by atoms with van der Waals surface area (Å²) < 4.78 is 35.1. The first-order valence-corrected chi connectivity index (χ1v) is 26.3. The molecule has 0 radical (unpaired) electrons. The molecular weight excluding hydrogens is 794 g/mol. The van der Waals surface area contributed by atoms with Crippen molar-refractivity contribution in [2.24, 2.45) is 0 Å². The minimum atomic E-state index is -4.29. The van der Waals surface area contributed by atoms with E-state index in [2.05, 4.69) is 98.9 Å². The number of allylic oxidation sites excluding steroid dienone is 14. The first kappa shape index (κ1) is 59.7. The number of hydrogen-bond donors (Lipinski definition) is 1. The Morgan fingerprint density at radius 1 is 0.516 bits per heavy atom. The fourth-order valence-corrected chi connectivity index (χ4v) is 7.12. The predicted octanol–water partition coefficient (Wildman–Crippen LogP) is 15.2. The lowest BCUT2D eigenvalue weighted by atomic mass is 10.1. The summed E-state index contributed by atoms with van der Waals surface area (Å²) >= 11 is 0. The quantitative estimate of drug-likeness (QED) is 0.0214. The van der Waals surface area contributed by atoms with Crippen LogP contribution in [0.15, 0.2) is 85.1 Å². The van der Waals surface area contributed by atoms with Crippen LogP contribution < -0.4 is 0 Å². The van der Waals surface area contributed by atoms with Gasteiger partial charge in [0.15, 0.2) is 0 Å². The van der Waals surface area contributed by atoms with Gasteiger partial charge < -0.3 is 18.9 Å². The van der Waals surface area contributed by atoms with Crippen molar-refractivity contribution >= 4 is 13.8 Å². The van der Waals surface area contributed by atoms with E-state index in [1.54, 1.807) is 0 Å². The third kappa shape index (κ3) is 48.7. The van der Waals surface area contributed by atoms with E-state index in [1.165, 1.54) is 77.0 Å². The van der Waals surface area contributed by atoms with E-state index >= 15 is 0 Å². The number of esters is 1. The standard InChI is InChI=1S/C53H94NO7P/c1-6-8-10-12-14-16-18-20-22-24-26-27-28-29-31-33-35-37-39-41-43-45-48-58-50-52(51-60-62(56,57)59-49-47-54(3,4)5)61-53(55)46-44-42-40-38-36-34-32-30-25-23-21-19-17-15-13-11-9-7-2/h8,10,14,16-17,19-20,22-23,25-27,29,31,52H,6-7,9,11-13,15,18,21,24,28,30,32-51H2,1-5H3/p+1/b10-8-,16-14-,19-17-,22-20-,25-23-,27-26-,31-29-. The molecule has 1 N–H and O–H groups in total. The molecule has 8 nitrogen and oxygen atoms in total. The summed E-state index contributed by atoms with van der Waals surface area (Å²) in [5.41, 5.74) is 0. The van der Waals surface area contributed by atoms with Gasteiger partial charge in [-0.15, -0.1) is 0 Å². The van der Waals surface area contributed by atoms with Crippen molar-refractivity contribution in [1.29, 1.82) is 0 Å². The van der Waals surface area contributed by atoms with Crippen LogP contribution >= 0.6 is 7.82 Å². The highest BCUT2D eigenvalue weighted by atomic mass is 31.2. The van der Waals surface area contributed by atoms with Crippen LogP contribution in [-0.4, -0.2) is 75.6 Å². The molecule has 0 aliphatic carbocycles. The summed E-state index contributed by atoms with van der Waals surface area (Å²) in [7, 11) is 1.64. The molecule has 0 aromatic heterocycles. The van der Waals surface area contributed by atoms with Crippen molar-refractivity contribution in [3.05, 3.63) is 85.1 Å². The fourth-order valence-electron chi connectivity index (χ4n) is 6.37. The van der Waals surface area contributed by atoms with Crippen LogP contribution in [0.4, 0.5) is 0 Å². The summed E-state index contributed by atoms with van der Waals surface area (Å²) in [5.74, 6) is -0.330. The van der Waals surface area contributed by atoms with Crippen molar-refractivity contribution in [3.63, 3.8) is 0 Å². The molecule has 358 valence electrons. The van der Waals surface area contributed by atoms with E-state index in [0.29, 0.717) is 24.1 Å². The molecule has 0 saturated carbocycles. The van der Waals surface area contributed by atoms with Crippen molar-refractivity contribution in [2.75, 3.05) is 54.1 Å². The van der Waals surface area contributed by atoms with Crippen LogP contribution in [0.25, 0.3) is 0 Å². The Balaban J connectivity index is 4.24. The van der Waals surface area contributed by atoms with Gasteiger partial charge >= 0.3 is 13.8 Å². The number of nitrogens with zero attached hydrogens (tertiary/aromatic N) is 1. The third-order valence-electron chi connectivity index (χ3n) is 10.2. The lowest BCUT2D eigenvalue weighted by Gasteiger charge is -2.24. The van der Waals surface area contributed by atoms with E-state index in [0.717, 1.165) is 89.9 Å². The molecule has 0 saturated heterocycles. The Morgan fingerprint density at radius 3 is 1.40 bits per heavy atom. The Hall–Kier alpha value is -2.32. The number of unbranched alkanes of at least 4 members (excludes halogenated alkanes) is 17. The highest BCUT2D eigenvalue weighted by Crippen LogP contribution is 2.43. The molecular formula is C53H95NO7P+. The maximum absolute atomic E-state index is 12.7. The van der Waals surface area contributed by atoms with Gasteiger partial charge in [0, 0.05) is 13.0 Å². The summed E-state index contributed by atoms with van der Waals surface area (Å²) in [6.07, 6.45) is 60.5. The molecule has 0 aliphatic rings.